The number of hydrogen-bond acceptors (Lipinski definition) is 5. The van der Waals surface area contributed by atoms with Crippen molar-refractivity contribution in [1.82, 2.24) is 10.2 Å². The maximum Gasteiger partial charge on any atom is 0.408 e. The minimum absolute atomic E-state index is 0.0343. The maximum atomic E-state index is 14.0. The lowest BCUT2D eigenvalue weighted by Crippen LogP contribution is -2.53. The highest BCUT2D eigenvalue weighted by Gasteiger charge is 2.36. The molecule has 8 nitrogen and oxygen atoms in total. The summed E-state index contributed by atoms with van der Waals surface area (Å²) >= 11 is 6.38. The average molecular weight is 558 g/mol. The van der Waals surface area contributed by atoms with Gasteiger partial charge in [-0.15, -0.1) is 0 Å². The number of ether oxygens (including phenoxy) is 1. The van der Waals surface area contributed by atoms with E-state index in [1.54, 1.807) is 57.2 Å². The van der Waals surface area contributed by atoms with E-state index in [1.807, 2.05) is 32.9 Å². The van der Waals surface area contributed by atoms with Crippen molar-refractivity contribution in [3.8, 4) is 0 Å². The Morgan fingerprint density at radius 1 is 1.15 bits per heavy atom. The summed E-state index contributed by atoms with van der Waals surface area (Å²) in [6, 6.07) is 10.2. The molecule has 0 heterocycles. The van der Waals surface area contributed by atoms with Crippen LogP contribution in [0.4, 0.5) is 10.5 Å². The van der Waals surface area contributed by atoms with Gasteiger partial charge in [-0.3, -0.25) is 9.59 Å². The molecule has 2 rings (SSSR count). The van der Waals surface area contributed by atoms with Crippen LogP contribution in [0.3, 0.4) is 0 Å². The maximum absolute atomic E-state index is 14.0. The van der Waals surface area contributed by atoms with E-state index < -0.39 is 42.2 Å². The molecular formula is C30H40ClN3O5. The largest absolute Gasteiger partial charge is 0.444 e. The van der Waals surface area contributed by atoms with Crippen LogP contribution in [-0.4, -0.2) is 52.7 Å². The van der Waals surface area contributed by atoms with E-state index in [0.717, 1.165) is 11.1 Å². The molecule has 0 spiro atoms. The Morgan fingerprint density at radius 3 is 2.38 bits per heavy atom. The predicted octanol–water partition coefficient (Wildman–Crippen LogP) is 5.73. The van der Waals surface area contributed by atoms with Gasteiger partial charge in [0.15, 0.2) is 0 Å². The molecule has 2 atom stereocenters. The minimum atomic E-state index is -1.14. The fraction of sp³-hybridized carbons (Fsp3) is 0.433. The molecule has 0 aliphatic carbocycles. The number of aryl methyl sites for hydroxylation is 1. The number of carbonyl (C=O) groups is 3. The van der Waals surface area contributed by atoms with Crippen molar-refractivity contribution in [2.75, 3.05) is 18.5 Å². The van der Waals surface area contributed by atoms with Gasteiger partial charge in [0.05, 0.1) is 17.3 Å². The lowest BCUT2D eigenvalue weighted by molar-refractivity contribution is -0.141. The molecule has 0 radical (unpaired) electrons. The van der Waals surface area contributed by atoms with Gasteiger partial charge in [-0.25, -0.2) is 4.79 Å². The number of amides is 3. The van der Waals surface area contributed by atoms with Crippen LogP contribution in [0.5, 0.6) is 0 Å². The average Bonchev–Trinajstić information content (AvgIpc) is 2.84. The van der Waals surface area contributed by atoms with E-state index in [0.29, 0.717) is 22.7 Å². The summed E-state index contributed by atoms with van der Waals surface area (Å²) in [7, 11) is 0. The van der Waals surface area contributed by atoms with Gasteiger partial charge in [-0.05, 0) is 68.9 Å². The highest BCUT2D eigenvalue weighted by molar-refractivity contribution is 6.34. The van der Waals surface area contributed by atoms with Gasteiger partial charge in [0.25, 0.3) is 5.91 Å². The third kappa shape index (κ3) is 9.41. The van der Waals surface area contributed by atoms with Crippen LogP contribution >= 0.6 is 11.6 Å². The molecule has 3 N–H and O–H groups in total. The highest BCUT2D eigenvalue weighted by Crippen LogP contribution is 2.30. The lowest BCUT2D eigenvalue weighted by atomic mass is 9.98. The normalized spacial score (nSPS) is 12.8. The molecule has 2 aromatic rings. The Morgan fingerprint density at radius 2 is 1.82 bits per heavy atom. The third-order valence-corrected chi connectivity index (χ3v) is 6.13. The van der Waals surface area contributed by atoms with Gasteiger partial charge in [0.2, 0.25) is 5.91 Å². The molecule has 9 heteroatoms. The molecule has 3 amide bonds. The number of aliphatic hydroxyl groups excluding tert-OH is 1. The number of hydrogen-bond donors (Lipinski definition) is 3. The van der Waals surface area contributed by atoms with Gasteiger partial charge in [0.1, 0.15) is 17.7 Å². The number of carbonyl (C=O) groups excluding carboxylic acids is 3. The quantitative estimate of drug-likeness (QED) is 0.327. The number of nitrogens with zero attached hydrogens (tertiary/aromatic N) is 1. The zero-order chi connectivity index (χ0) is 29.3. The number of anilines is 1. The van der Waals surface area contributed by atoms with Crippen molar-refractivity contribution in [2.45, 2.75) is 65.6 Å². The molecule has 2 unspecified atom stereocenters. The second-order valence-corrected chi connectivity index (χ2v) is 11.2. The van der Waals surface area contributed by atoms with Gasteiger partial charge in [0, 0.05) is 6.54 Å². The molecule has 212 valence electrons. The van der Waals surface area contributed by atoms with E-state index in [1.165, 1.54) is 4.90 Å². The molecule has 0 aromatic heterocycles. The van der Waals surface area contributed by atoms with Crippen molar-refractivity contribution in [3.63, 3.8) is 0 Å². The molecule has 0 aliphatic heterocycles. The summed E-state index contributed by atoms with van der Waals surface area (Å²) in [5.41, 5.74) is 1.67. The van der Waals surface area contributed by atoms with E-state index in [2.05, 4.69) is 17.2 Å². The highest BCUT2D eigenvalue weighted by atomic mass is 35.5. The molecule has 0 saturated heterocycles. The SMILES string of the molecule is C=Cc1cccc(C(C(=O)Nc2c(C)cccc2Cl)N(CCO)C(=O)C(CC(C)C)NC(=O)OC(C)(C)C)c1. The van der Waals surface area contributed by atoms with Crippen molar-refractivity contribution in [1.29, 1.82) is 0 Å². The molecule has 2 aromatic carbocycles. The van der Waals surface area contributed by atoms with Crippen LogP contribution in [0.15, 0.2) is 49.0 Å². The van der Waals surface area contributed by atoms with Crippen molar-refractivity contribution >= 4 is 41.3 Å². The molecular weight excluding hydrogens is 518 g/mol. The van der Waals surface area contributed by atoms with Crippen LogP contribution in [0.2, 0.25) is 5.02 Å². The van der Waals surface area contributed by atoms with E-state index in [4.69, 9.17) is 16.3 Å². The third-order valence-electron chi connectivity index (χ3n) is 5.81. The van der Waals surface area contributed by atoms with Crippen LogP contribution < -0.4 is 10.6 Å². The van der Waals surface area contributed by atoms with Crippen LogP contribution in [-0.2, 0) is 14.3 Å². The number of benzene rings is 2. The molecule has 0 aliphatic rings. The fourth-order valence-corrected chi connectivity index (χ4v) is 4.40. The molecule has 0 saturated carbocycles. The van der Waals surface area contributed by atoms with Crippen molar-refractivity contribution < 1.29 is 24.2 Å². The number of rotatable bonds is 11. The smallest absolute Gasteiger partial charge is 0.408 e. The Bertz CT molecular complexity index is 1160. The molecule has 0 bridgehead atoms. The first kappa shape index (κ1) is 31.9. The predicted molar refractivity (Wildman–Crippen MR) is 156 cm³/mol. The molecule has 0 fully saturated rings. The number of nitrogens with one attached hydrogen (secondary N) is 2. The van der Waals surface area contributed by atoms with Gasteiger partial charge < -0.3 is 25.4 Å². The zero-order valence-corrected chi connectivity index (χ0v) is 24.3. The Kier molecular flexibility index (Phi) is 11.6. The van der Waals surface area contributed by atoms with Crippen molar-refractivity contribution in [3.05, 3.63) is 70.8 Å². The standard InChI is InChI=1S/C30H40ClN3O5/c1-8-21-12-10-13-22(18-21)26(27(36)33-25-20(4)11-9-14-23(25)31)34(15-16-35)28(37)24(17-19(2)3)32-29(38)39-30(5,6)7/h8-14,18-19,24,26,35H,1,15-17H2,2-7H3,(H,32,38)(H,33,36). The van der Waals surface area contributed by atoms with Crippen LogP contribution in [0, 0.1) is 12.8 Å². The van der Waals surface area contributed by atoms with E-state index in [9.17, 15) is 19.5 Å². The first-order valence-corrected chi connectivity index (χ1v) is 13.3. The second kappa shape index (κ2) is 14.1. The monoisotopic (exact) mass is 557 g/mol. The zero-order valence-electron chi connectivity index (χ0n) is 23.6. The first-order valence-electron chi connectivity index (χ1n) is 13.0. The summed E-state index contributed by atoms with van der Waals surface area (Å²) in [5, 5.41) is 15.9. The Labute approximate surface area is 236 Å². The Balaban J connectivity index is 2.58. The topological polar surface area (TPSA) is 108 Å². The van der Waals surface area contributed by atoms with Gasteiger partial charge in [-0.1, -0.05) is 68.4 Å². The first-order chi connectivity index (χ1) is 18.3. The summed E-state index contributed by atoms with van der Waals surface area (Å²) in [6.45, 7) is 14.1. The van der Waals surface area contributed by atoms with E-state index in [-0.39, 0.29) is 12.5 Å². The second-order valence-electron chi connectivity index (χ2n) is 10.8. The van der Waals surface area contributed by atoms with Gasteiger partial charge >= 0.3 is 6.09 Å². The number of aliphatic hydroxyl groups is 1. The number of para-hydroxylation sites is 1. The summed E-state index contributed by atoms with van der Waals surface area (Å²) in [4.78, 5) is 41.9. The van der Waals surface area contributed by atoms with Crippen LogP contribution in [0.1, 0.15) is 63.8 Å². The van der Waals surface area contributed by atoms with Gasteiger partial charge in [-0.2, -0.15) is 0 Å². The Hall–Kier alpha value is -3.36. The minimum Gasteiger partial charge on any atom is -0.444 e. The van der Waals surface area contributed by atoms with E-state index >= 15 is 0 Å². The summed E-state index contributed by atoms with van der Waals surface area (Å²) < 4.78 is 5.39. The summed E-state index contributed by atoms with van der Waals surface area (Å²) in [5.74, 6) is -1.01. The number of alkyl carbamates (subject to hydrolysis) is 1. The summed E-state index contributed by atoms with van der Waals surface area (Å²) in [6.07, 6.45) is 1.19. The fourth-order valence-electron chi connectivity index (χ4n) is 4.13. The number of halogens is 1. The lowest BCUT2D eigenvalue weighted by Gasteiger charge is -2.34. The molecule has 39 heavy (non-hydrogen) atoms. The van der Waals surface area contributed by atoms with Crippen molar-refractivity contribution in [2.24, 2.45) is 5.92 Å². The van der Waals surface area contributed by atoms with Crippen LogP contribution in [0.25, 0.3) is 6.08 Å².